The second kappa shape index (κ2) is 3.78. The summed E-state index contributed by atoms with van der Waals surface area (Å²) in [6, 6.07) is 0. The molecule has 1 aliphatic heterocycles. The van der Waals surface area contributed by atoms with E-state index >= 15 is 0 Å². The largest absolute Gasteiger partial charge is 0.358 e. The van der Waals surface area contributed by atoms with E-state index in [1.807, 2.05) is 0 Å². The normalized spacial score (nSPS) is 28.1. The van der Waals surface area contributed by atoms with E-state index in [4.69, 9.17) is 11.6 Å². The van der Waals surface area contributed by atoms with E-state index in [2.05, 4.69) is 0 Å². The molecule has 0 amide bonds. The van der Waals surface area contributed by atoms with Crippen LogP contribution in [0.4, 0.5) is 0 Å². The van der Waals surface area contributed by atoms with Crippen molar-refractivity contribution in [3.8, 4) is 0 Å². The smallest absolute Gasteiger partial charge is 0.206 e. The lowest BCUT2D eigenvalue weighted by molar-refractivity contribution is 0.360. The van der Waals surface area contributed by atoms with Crippen LogP contribution in [0, 0.1) is 0 Å². The maximum Gasteiger partial charge on any atom is 0.206 e. The molecular weight excluding hydrogens is 325 g/mol. The molecule has 13 heavy (non-hydrogen) atoms. The number of alkyl halides is 1. The minimum atomic E-state index is -3.10. The molecule has 6 heteroatoms. The Hall–Kier alpha value is 0.250. The molecule has 0 bridgehead atoms. The molecule has 1 atom stereocenters. The van der Waals surface area contributed by atoms with Crippen molar-refractivity contribution in [1.82, 2.24) is 4.90 Å². The molecule has 0 aromatic rings. The molecule has 0 radical (unpaired) electrons. The number of halogens is 2. The van der Waals surface area contributed by atoms with Gasteiger partial charge in [-0.1, -0.05) is 17.7 Å². The quantitative estimate of drug-likeness (QED) is 0.334. The van der Waals surface area contributed by atoms with Gasteiger partial charge in [-0.2, -0.15) is 0 Å². The van der Waals surface area contributed by atoms with Crippen LogP contribution in [0.2, 0.25) is 0 Å². The van der Waals surface area contributed by atoms with E-state index < -0.39 is 12.0 Å². The third-order valence-corrected chi connectivity index (χ3v) is 4.14. The molecule has 0 aromatic carbocycles. The first-order valence-electron chi connectivity index (χ1n) is 3.54. The molecule has 0 saturated carbocycles. The topological polar surface area (TPSA) is 37.4 Å². The maximum absolute atomic E-state index is 11.1. The van der Waals surface area contributed by atoms with Gasteiger partial charge in [-0.3, -0.25) is 0 Å². The van der Waals surface area contributed by atoms with E-state index in [-0.39, 0.29) is 5.75 Å². The molecule has 1 unspecified atom stereocenters. The monoisotopic (exact) mass is 333 g/mol. The highest BCUT2D eigenvalue weighted by Gasteiger charge is 2.33. The van der Waals surface area contributed by atoms with Gasteiger partial charge < -0.3 is 4.90 Å². The fourth-order valence-electron chi connectivity index (χ4n) is 1.02. The first kappa shape index (κ1) is 11.3. The Labute approximate surface area is 94.9 Å². The van der Waals surface area contributed by atoms with Crippen molar-refractivity contribution in [2.24, 2.45) is 0 Å². The lowest BCUT2D eigenvalue weighted by atomic mass is 10.2. The molecular formula is C7H9ClINO2S. The van der Waals surface area contributed by atoms with Crippen molar-refractivity contribution in [3.05, 3.63) is 24.4 Å². The predicted molar refractivity (Wildman–Crippen MR) is 62.4 cm³/mol. The van der Waals surface area contributed by atoms with Crippen molar-refractivity contribution in [3.63, 3.8) is 0 Å². The Bertz CT molecular complexity index is 352. The van der Waals surface area contributed by atoms with Crippen molar-refractivity contribution < 1.29 is 8.42 Å². The summed E-state index contributed by atoms with van der Waals surface area (Å²) in [5.74, 6) is -0.0978. The van der Waals surface area contributed by atoms with Crippen LogP contribution in [0.15, 0.2) is 24.4 Å². The van der Waals surface area contributed by atoms with Gasteiger partial charge in [0.1, 0.15) is 10.8 Å². The van der Waals surface area contributed by atoms with Crippen molar-refractivity contribution in [2.45, 2.75) is 5.00 Å². The average Bonchev–Trinajstić information content (AvgIpc) is 1.92. The molecule has 1 aliphatic rings. The van der Waals surface area contributed by atoms with Gasteiger partial charge in [0.05, 0.1) is 21.2 Å². The fraction of sp³-hybridized carbons (Fsp3) is 0.429. The average molecular weight is 334 g/mol. The highest BCUT2D eigenvalue weighted by molar-refractivity contribution is 14.2. The summed E-state index contributed by atoms with van der Waals surface area (Å²) in [6.45, 7) is 0. The summed E-state index contributed by atoms with van der Waals surface area (Å²) < 4.78 is 22.1. The van der Waals surface area contributed by atoms with Gasteiger partial charge in [0.2, 0.25) is 7.01 Å². The molecule has 74 valence electrons. The van der Waals surface area contributed by atoms with Crippen LogP contribution in [-0.4, -0.2) is 31.1 Å². The zero-order chi connectivity index (χ0) is 10.1. The van der Waals surface area contributed by atoms with E-state index in [1.54, 1.807) is 36.4 Å². The third kappa shape index (κ3) is 3.14. The van der Waals surface area contributed by atoms with Crippen LogP contribution in [0.25, 0.3) is 0 Å². The predicted octanol–water partition coefficient (Wildman–Crippen LogP) is 1.70. The second-order valence-corrected chi connectivity index (χ2v) is 8.86. The molecule has 3 nitrogen and oxygen atoms in total. The van der Waals surface area contributed by atoms with Crippen molar-refractivity contribution in [1.29, 1.82) is 0 Å². The van der Waals surface area contributed by atoms with Crippen LogP contribution in [-0.2, 0) is 7.01 Å². The molecule has 1 rings (SSSR count). The maximum atomic E-state index is 11.1. The SMILES string of the molecule is CN1C=CC=CC1(Cl)CS(=O)(=O)I. The number of nitrogens with zero attached hydrogens (tertiary/aromatic N) is 1. The van der Waals surface area contributed by atoms with Gasteiger partial charge in [-0.05, 0) is 12.2 Å². The molecule has 0 N–H and O–H groups in total. The van der Waals surface area contributed by atoms with Gasteiger partial charge >= 0.3 is 0 Å². The zero-order valence-electron chi connectivity index (χ0n) is 6.94. The lowest BCUT2D eigenvalue weighted by Crippen LogP contribution is -2.42. The third-order valence-electron chi connectivity index (χ3n) is 1.73. The van der Waals surface area contributed by atoms with Crippen LogP contribution in [0.3, 0.4) is 0 Å². The van der Waals surface area contributed by atoms with Crippen LogP contribution in [0.1, 0.15) is 0 Å². The van der Waals surface area contributed by atoms with Crippen molar-refractivity contribution in [2.75, 3.05) is 12.8 Å². The number of hydrogen-bond acceptors (Lipinski definition) is 3. The summed E-state index contributed by atoms with van der Waals surface area (Å²) in [5, 5.41) is 0. The highest BCUT2D eigenvalue weighted by atomic mass is 127. The highest BCUT2D eigenvalue weighted by Crippen LogP contribution is 2.28. The van der Waals surface area contributed by atoms with E-state index in [0.717, 1.165) is 0 Å². The van der Waals surface area contributed by atoms with Crippen molar-refractivity contribution >= 4 is 39.8 Å². The summed E-state index contributed by atoms with van der Waals surface area (Å²) in [4.78, 5) is 0.736. The first-order valence-corrected chi connectivity index (χ1v) is 8.11. The van der Waals surface area contributed by atoms with Gasteiger partial charge in [0, 0.05) is 13.2 Å². The van der Waals surface area contributed by atoms with Crippen LogP contribution in [0.5, 0.6) is 0 Å². The van der Waals surface area contributed by atoms with Gasteiger partial charge in [-0.15, -0.1) is 0 Å². The summed E-state index contributed by atoms with van der Waals surface area (Å²) in [5.41, 5.74) is 0. The van der Waals surface area contributed by atoms with E-state index in [1.165, 1.54) is 21.2 Å². The number of hydrogen-bond donors (Lipinski definition) is 0. The Morgan fingerprint density at radius 1 is 1.54 bits per heavy atom. The fourth-order valence-corrected chi connectivity index (χ4v) is 4.34. The molecule has 0 saturated heterocycles. The molecule has 0 spiro atoms. The van der Waals surface area contributed by atoms with Gasteiger partial charge in [0.15, 0.2) is 0 Å². The lowest BCUT2D eigenvalue weighted by Gasteiger charge is -2.33. The molecule has 1 heterocycles. The standard InChI is InChI=1S/C7H9ClINO2S/c1-10-5-3-2-4-7(10,8)6-13(9,11)12/h2-5H,6H2,1H3. The minimum Gasteiger partial charge on any atom is -0.358 e. The van der Waals surface area contributed by atoms with Gasteiger partial charge in [0.25, 0.3) is 0 Å². The molecule has 0 fully saturated rings. The Morgan fingerprint density at radius 2 is 2.15 bits per heavy atom. The van der Waals surface area contributed by atoms with Crippen LogP contribution >= 0.6 is 32.8 Å². The summed E-state index contributed by atoms with van der Waals surface area (Å²) in [7, 11) is -1.36. The number of likely N-dealkylation sites (N-methyl/N-ethyl adjacent to an activating group) is 1. The molecule has 0 aliphatic carbocycles. The number of allylic oxidation sites excluding steroid dienone is 2. The zero-order valence-corrected chi connectivity index (χ0v) is 10.7. The Balaban J connectivity index is 2.89. The summed E-state index contributed by atoms with van der Waals surface area (Å²) in [6.07, 6.45) is 6.97. The Morgan fingerprint density at radius 3 is 2.62 bits per heavy atom. The molecule has 0 aromatic heterocycles. The van der Waals surface area contributed by atoms with Gasteiger partial charge in [-0.25, -0.2) is 8.42 Å². The second-order valence-electron chi connectivity index (χ2n) is 2.81. The van der Waals surface area contributed by atoms with Crippen LogP contribution < -0.4 is 0 Å². The van der Waals surface area contributed by atoms with E-state index in [9.17, 15) is 8.42 Å². The first-order chi connectivity index (χ1) is 5.83. The summed E-state index contributed by atoms with van der Waals surface area (Å²) >= 11 is 7.52. The number of rotatable bonds is 2. The minimum absolute atomic E-state index is 0.0978. The Kier molecular flexibility index (Phi) is 3.29. The van der Waals surface area contributed by atoms with E-state index in [0.29, 0.717) is 0 Å².